The number of carbonyl (C=O) groups excluding carboxylic acids is 1. The van der Waals surface area contributed by atoms with E-state index >= 15 is 0 Å². The van der Waals surface area contributed by atoms with Gasteiger partial charge in [0.15, 0.2) is 39.5 Å². The smallest absolute Gasteiger partial charge is 0.433 e. The summed E-state index contributed by atoms with van der Waals surface area (Å²) in [6.07, 6.45) is 6.92. The van der Waals surface area contributed by atoms with Crippen LogP contribution in [0.2, 0.25) is 30.3 Å². The van der Waals surface area contributed by atoms with E-state index in [1.807, 2.05) is 92.5 Å². The number of amides is 1. The predicted octanol–water partition coefficient (Wildman–Crippen LogP) is 22.3. The van der Waals surface area contributed by atoms with Crippen molar-refractivity contribution in [2.45, 2.75) is 89.3 Å². The maximum Gasteiger partial charge on any atom is 0.433 e. The third-order valence-corrected chi connectivity index (χ3v) is 22.4. The number of para-hydroxylation sites is 2. The van der Waals surface area contributed by atoms with Crippen molar-refractivity contribution in [1.29, 1.82) is 0 Å². The molecule has 1 saturated heterocycles. The van der Waals surface area contributed by atoms with Crippen LogP contribution in [0.25, 0.3) is 32.7 Å². The van der Waals surface area contributed by atoms with E-state index in [-0.39, 0.29) is 38.7 Å². The maximum atomic E-state index is 13.5. The van der Waals surface area contributed by atoms with Gasteiger partial charge in [0.1, 0.15) is 34.1 Å². The number of hydrogen-bond donors (Lipinski definition) is 3. The molecule has 9 heterocycles. The summed E-state index contributed by atoms with van der Waals surface area (Å²) in [6, 6.07) is 59.0. The molecule has 8 aromatic heterocycles. The number of carbonyl (C=O) groups is 1. The number of imidazole rings is 2. The summed E-state index contributed by atoms with van der Waals surface area (Å²) in [4.78, 5) is 54.1. The van der Waals surface area contributed by atoms with Gasteiger partial charge in [0.2, 0.25) is 0 Å². The monoisotopic (exact) mass is 1780 g/mol. The van der Waals surface area contributed by atoms with Gasteiger partial charge in [0.05, 0.1) is 91.6 Å². The fourth-order valence-electron chi connectivity index (χ4n) is 14.5. The maximum absolute atomic E-state index is 13.5. The molecule has 1 fully saturated rings. The largest absolute Gasteiger partial charge is 0.452 e. The zero-order valence-electron chi connectivity index (χ0n) is 67.8. The van der Waals surface area contributed by atoms with E-state index in [1.54, 1.807) is 195 Å². The molecule has 0 radical (unpaired) electrons. The molecule has 1 aliphatic rings. The van der Waals surface area contributed by atoms with Crippen molar-refractivity contribution in [2.75, 3.05) is 40.9 Å². The zero-order chi connectivity index (χ0) is 87.5. The molecule has 1 amide bonds. The fourth-order valence-corrected chi connectivity index (χ4v) is 16.0. The Balaban J connectivity index is 0.000000151. The summed E-state index contributed by atoms with van der Waals surface area (Å²) in [6.45, 7) is 16.1. The zero-order valence-corrected chi connectivity index (χ0v) is 72.4. The molecule has 0 saturated carbocycles. The minimum absolute atomic E-state index is 0.0160. The van der Waals surface area contributed by atoms with Crippen molar-refractivity contribution in [1.82, 2.24) is 49.0 Å². The highest BCUT2D eigenvalue weighted by Crippen LogP contribution is 2.50. The highest BCUT2D eigenvalue weighted by Gasteiger charge is 2.43. The molecule has 3 N–H and O–H groups in total. The predicted molar refractivity (Wildman–Crippen MR) is 476 cm³/mol. The first kappa shape index (κ1) is 87.8. The molecule has 16 rings (SSSR count). The summed E-state index contributed by atoms with van der Waals surface area (Å²) in [7, 11) is 3.52. The fraction of sp³-hybridized carbons (Fsp3) is 0.215. The van der Waals surface area contributed by atoms with E-state index in [9.17, 15) is 33.3 Å². The van der Waals surface area contributed by atoms with Crippen molar-refractivity contribution in [3.63, 3.8) is 0 Å². The molecular formula is C93H82Cl6F3N13O8. The van der Waals surface area contributed by atoms with Crippen LogP contribution in [0.15, 0.2) is 256 Å². The van der Waals surface area contributed by atoms with Crippen LogP contribution in [0.5, 0.6) is 23.0 Å². The molecule has 21 nitrogen and oxygen atoms in total. The Morgan fingerprint density at radius 1 is 0.512 bits per heavy atom. The Bertz CT molecular complexity index is 6300. The van der Waals surface area contributed by atoms with Gasteiger partial charge in [-0.05, 0) is 192 Å². The van der Waals surface area contributed by atoms with Gasteiger partial charge in [0, 0.05) is 102 Å². The molecule has 123 heavy (non-hydrogen) atoms. The average molecular weight is 1780 g/mol. The number of benzene rings is 7. The Labute approximate surface area is 737 Å². The highest BCUT2D eigenvalue weighted by atomic mass is 35.5. The summed E-state index contributed by atoms with van der Waals surface area (Å²) < 4.78 is 67.6. The van der Waals surface area contributed by atoms with Crippen molar-refractivity contribution >= 4 is 131 Å². The topological polar surface area (TPSA) is 237 Å². The van der Waals surface area contributed by atoms with E-state index in [1.165, 1.54) is 23.5 Å². The average Bonchev–Trinajstić information content (AvgIpc) is 1.62. The molecule has 1 aliphatic heterocycles. The van der Waals surface area contributed by atoms with E-state index in [0.29, 0.717) is 146 Å². The Morgan fingerprint density at radius 2 is 1.05 bits per heavy atom. The number of fused-ring (bicyclic) bond motifs is 3. The second-order valence-corrected chi connectivity index (χ2v) is 32.6. The lowest BCUT2D eigenvalue weighted by atomic mass is 9.80. The normalized spacial score (nSPS) is 13.9. The van der Waals surface area contributed by atoms with Crippen LogP contribution >= 0.6 is 69.6 Å². The number of anilines is 4. The number of ether oxygens (including phenoxy) is 4. The quantitative estimate of drug-likeness (QED) is 0.0567. The molecule has 630 valence electrons. The molecule has 7 aromatic carbocycles. The third kappa shape index (κ3) is 18.3. The number of nitrogens with zero attached hydrogens (tertiary/aromatic N) is 13. The van der Waals surface area contributed by atoms with Gasteiger partial charge < -0.3 is 53.2 Å². The van der Waals surface area contributed by atoms with Gasteiger partial charge in [-0.25, -0.2) is 34.6 Å². The van der Waals surface area contributed by atoms with Crippen LogP contribution in [-0.4, -0.2) is 114 Å². The number of hydrogen-bond acceptors (Lipinski definition) is 18. The van der Waals surface area contributed by atoms with Crippen molar-refractivity contribution in [3.8, 4) is 23.0 Å². The minimum Gasteiger partial charge on any atom is -0.452 e. The molecular weight excluding hydrogens is 1700 g/mol. The lowest BCUT2D eigenvalue weighted by molar-refractivity contribution is -0.141. The van der Waals surface area contributed by atoms with E-state index < -0.39 is 40.4 Å². The van der Waals surface area contributed by atoms with Crippen LogP contribution in [0.3, 0.4) is 0 Å². The van der Waals surface area contributed by atoms with Gasteiger partial charge in [-0.15, -0.1) is 0 Å². The minimum atomic E-state index is -4.64. The van der Waals surface area contributed by atoms with Crippen LogP contribution < -0.4 is 24.2 Å². The Morgan fingerprint density at radius 3 is 1.60 bits per heavy atom. The number of rotatable bonds is 21. The number of pyridine rings is 6. The lowest BCUT2D eigenvalue weighted by Gasteiger charge is -2.41. The molecule has 3 atom stereocenters. The van der Waals surface area contributed by atoms with Crippen molar-refractivity contribution in [3.05, 3.63) is 343 Å². The van der Waals surface area contributed by atoms with E-state index in [0.717, 1.165) is 25.4 Å². The molecule has 30 heteroatoms. The van der Waals surface area contributed by atoms with Crippen LogP contribution in [0.4, 0.5) is 41.0 Å². The van der Waals surface area contributed by atoms with Gasteiger partial charge in [-0.1, -0.05) is 155 Å². The molecule has 0 spiro atoms. The standard InChI is InChI=1S/C32H26Cl3N3O3.C32H28Cl2F3N5O3.C29H28ClN5O2/c1-31(2,3)41-30(39)38(24-12-5-4-6-13-24)28-27(34)25-18-21(14-15-26(25)37-29(28)35)32(40,22-10-8-16-36-19-22)20-9-7-11-23(33)17-20;1-18(2)44-23-15-42(16-23)30-29(45-22-8-6-21(33)7-9-22)28(34)24-12-19(4-10-25(24)40-30)31(43,27-14-38-17-41(27)3)20-5-11-26(39-13-20)32(35,36)37;1-4-35(5-2)28-27(37-21-11-7-6-8-12-21)26(30)22-17-20(14-15-23(22)33-28)29(36,24-13-9-10-16-32-24)25-18-31-19-34(25)3/h4-19,40H,1-3H3;4-14,17-18,23,43H,15-16H2,1-3H3;6-19,36H,4-5H2,1-3H3. The summed E-state index contributed by atoms with van der Waals surface area (Å²) in [5, 5.41) is 40.4. The summed E-state index contributed by atoms with van der Waals surface area (Å²) in [5.74, 6) is 3.11. The van der Waals surface area contributed by atoms with Crippen LogP contribution in [0.1, 0.15) is 105 Å². The molecule has 15 aromatic rings. The first-order chi connectivity index (χ1) is 58.8. The highest BCUT2D eigenvalue weighted by molar-refractivity contribution is 6.43. The second kappa shape index (κ2) is 36.5. The number of aromatic nitrogens is 10. The van der Waals surface area contributed by atoms with Gasteiger partial charge in [-0.2, -0.15) is 13.2 Å². The number of aryl methyl sites for hydroxylation is 2. The SMILES string of the molecule is CC(C)(C)OC(=O)N(c1ccccc1)c1c(Cl)nc2ccc(C(O)(c3cccnc3)c3cccc(Cl)c3)cc2c1Cl.CC(C)OC1CN(c2nc3ccc(C(O)(c4ccc(C(F)(F)F)nc4)c4cncn4C)cc3c(Cl)c2Oc2ccc(Cl)cc2)C1.CCN(CC)c1nc2ccc(C(O)(c3ccccn3)c3cncn3C)cc2c(Cl)c1Oc1ccccc1. The first-order valence-electron chi connectivity index (χ1n) is 39.0. The van der Waals surface area contributed by atoms with E-state index in [4.69, 9.17) is 98.5 Å². The Kier molecular flexibility index (Phi) is 26.1. The van der Waals surface area contributed by atoms with Gasteiger partial charge >= 0.3 is 12.3 Å². The number of aliphatic hydroxyl groups is 3. The van der Waals surface area contributed by atoms with Gasteiger partial charge in [0.25, 0.3) is 0 Å². The third-order valence-electron chi connectivity index (χ3n) is 20.5. The summed E-state index contributed by atoms with van der Waals surface area (Å²) in [5.41, 5.74) is -0.749. The van der Waals surface area contributed by atoms with Crippen molar-refractivity contribution in [2.24, 2.45) is 14.1 Å². The first-order valence-corrected chi connectivity index (χ1v) is 41.3. The molecule has 3 unspecified atom stereocenters. The second-order valence-electron chi connectivity index (χ2n) is 30.2. The summed E-state index contributed by atoms with van der Waals surface area (Å²) >= 11 is 40.3. The lowest BCUT2D eigenvalue weighted by Crippen LogP contribution is -2.53. The Hall–Kier alpha value is -11.5. The number of alkyl halides is 3. The van der Waals surface area contributed by atoms with Crippen molar-refractivity contribution < 1.29 is 52.2 Å². The van der Waals surface area contributed by atoms with Crippen LogP contribution in [0, 0.1) is 0 Å². The number of halogens is 9. The van der Waals surface area contributed by atoms with Crippen LogP contribution in [-0.2, 0) is 46.5 Å². The van der Waals surface area contributed by atoms with Gasteiger partial charge in [-0.3, -0.25) is 15.0 Å². The molecule has 0 aliphatic carbocycles. The van der Waals surface area contributed by atoms with E-state index in [2.05, 4.69) is 48.7 Å². The molecule has 0 bridgehead atoms.